The van der Waals surface area contributed by atoms with E-state index in [0.29, 0.717) is 0 Å². The zero-order valence-corrected chi connectivity index (χ0v) is 13.7. The van der Waals surface area contributed by atoms with Crippen LogP contribution >= 0.6 is 11.8 Å². The van der Waals surface area contributed by atoms with Gasteiger partial charge >= 0.3 is 0 Å². The van der Waals surface area contributed by atoms with Gasteiger partial charge in [-0.25, -0.2) is 0 Å². The summed E-state index contributed by atoms with van der Waals surface area (Å²) in [6.45, 7) is 5.83. The Balaban J connectivity index is 2.16. The van der Waals surface area contributed by atoms with Gasteiger partial charge in [0, 0.05) is 11.3 Å². The van der Waals surface area contributed by atoms with Crippen LogP contribution < -0.4 is 5.32 Å². The molecule has 0 aromatic rings. The quantitative estimate of drug-likeness (QED) is 0.867. The van der Waals surface area contributed by atoms with Crippen molar-refractivity contribution in [1.82, 2.24) is 10.2 Å². The topological polar surface area (TPSA) is 49.4 Å². The molecule has 20 heavy (non-hydrogen) atoms. The summed E-state index contributed by atoms with van der Waals surface area (Å²) in [5.41, 5.74) is 0. The van der Waals surface area contributed by atoms with E-state index in [1.807, 2.05) is 30.5 Å². The highest BCUT2D eigenvalue weighted by atomic mass is 32.2. The molecule has 1 saturated heterocycles. The number of nitrogens with zero attached hydrogens (tertiary/aromatic N) is 1. The van der Waals surface area contributed by atoms with Crippen molar-refractivity contribution in [2.45, 2.75) is 69.8 Å². The van der Waals surface area contributed by atoms with Gasteiger partial charge in [0.2, 0.25) is 11.8 Å². The smallest absolute Gasteiger partial charge is 0.245 e. The highest BCUT2D eigenvalue weighted by molar-refractivity contribution is 7.99. The molecule has 0 spiro atoms. The second kappa shape index (κ2) is 6.37. The van der Waals surface area contributed by atoms with Gasteiger partial charge in [-0.15, -0.1) is 0 Å². The Morgan fingerprint density at radius 2 is 1.80 bits per heavy atom. The molecule has 5 heteroatoms. The van der Waals surface area contributed by atoms with Gasteiger partial charge in [-0.1, -0.05) is 13.8 Å². The summed E-state index contributed by atoms with van der Waals surface area (Å²) in [5.74, 6) is 0.264. The van der Waals surface area contributed by atoms with Gasteiger partial charge in [-0.3, -0.25) is 9.59 Å². The van der Waals surface area contributed by atoms with Gasteiger partial charge in [0.15, 0.2) is 0 Å². The standard InChI is InChI=1S/C15H26N2O2S/c1-9(2)13-14(18)16-10(3)15(19)17(13)11-5-7-12(20-4)8-6-11/h9-13H,5-8H2,1-4H3,(H,16,18). The number of thioether (sulfide) groups is 1. The van der Waals surface area contributed by atoms with Gasteiger partial charge in [-0.2, -0.15) is 11.8 Å². The maximum atomic E-state index is 12.5. The van der Waals surface area contributed by atoms with Crippen molar-refractivity contribution >= 4 is 23.6 Å². The minimum Gasteiger partial charge on any atom is -0.343 e. The summed E-state index contributed by atoms with van der Waals surface area (Å²) < 4.78 is 0. The first-order valence-corrected chi connectivity index (χ1v) is 8.89. The first-order chi connectivity index (χ1) is 9.45. The lowest BCUT2D eigenvalue weighted by molar-refractivity contribution is -0.154. The lowest BCUT2D eigenvalue weighted by atomic mass is 9.88. The van der Waals surface area contributed by atoms with E-state index < -0.39 is 0 Å². The summed E-state index contributed by atoms with van der Waals surface area (Å²) >= 11 is 1.92. The maximum absolute atomic E-state index is 12.5. The zero-order valence-electron chi connectivity index (χ0n) is 12.9. The van der Waals surface area contributed by atoms with Gasteiger partial charge in [0.25, 0.3) is 0 Å². The average Bonchev–Trinajstić information content (AvgIpc) is 2.42. The molecule has 1 aliphatic carbocycles. The molecule has 1 N–H and O–H groups in total. The Morgan fingerprint density at radius 3 is 2.30 bits per heavy atom. The lowest BCUT2D eigenvalue weighted by Gasteiger charge is -2.46. The Bertz CT molecular complexity index is 378. The van der Waals surface area contributed by atoms with Crippen LogP contribution in [-0.2, 0) is 9.59 Å². The van der Waals surface area contributed by atoms with Crippen LogP contribution in [0.5, 0.6) is 0 Å². The third-order valence-corrected chi connectivity index (χ3v) is 5.69. The van der Waals surface area contributed by atoms with E-state index in [1.165, 1.54) is 0 Å². The van der Waals surface area contributed by atoms with Crippen molar-refractivity contribution in [2.75, 3.05) is 6.26 Å². The number of amides is 2. The van der Waals surface area contributed by atoms with E-state index in [9.17, 15) is 9.59 Å². The zero-order chi connectivity index (χ0) is 14.9. The molecule has 1 heterocycles. The number of hydrogen-bond acceptors (Lipinski definition) is 3. The van der Waals surface area contributed by atoms with Crippen molar-refractivity contribution in [1.29, 1.82) is 0 Å². The molecule has 2 rings (SSSR count). The molecule has 2 fully saturated rings. The Labute approximate surface area is 126 Å². The van der Waals surface area contributed by atoms with Crippen LogP contribution in [0.2, 0.25) is 0 Å². The molecular weight excluding hydrogens is 272 g/mol. The Hall–Kier alpha value is -0.710. The maximum Gasteiger partial charge on any atom is 0.245 e. The molecule has 114 valence electrons. The number of rotatable bonds is 3. The first-order valence-electron chi connectivity index (χ1n) is 7.61. The fourth-order valence-corrected chi connectivity index (χ4v) is 4.18. The second-order valence-electron chi connectivity index (χ2n) is 6.33. The lowest BCUT2D eigenvalue weighted by Crippen LogP contribution is -2.66. The molecule has 0 bridgehead atoms. The predicted molar refractivity (Wildman–Crippen MR) is 82.6 cm³/mol. The number of carbonyl (C=O) groups is 2. The molecular formula is C15H26N2O2S. The minimum absolute atomic E-state index is 0.0130. The fourth-order valence-electron chi connectivity index (χ4n) is 3.44. The van der Waals surface area contributed by atoms with Crippen LogP contribution in [0.3, 0.4) is 0 Å². The van der Waals surface area contributed by atoms with Crippen LogP contribution in [0.15, 0.2) is 0 Å². The van der Waals surface area contributed by atoms with Crippen LogP contribution in [0.4, 0.5) is 0 Å². The van der Waals surface area contributed by atoms with E-state index in [0.717, 1.165) is 30.9 Å². The molecule has 0 aromatic carbocycles. The van der Waals surface area contributed by atoms with Crippen molar-refractivity contribution in [2.24, 2.45) is 5.92 Å². The molecule has 1 saturated carbocycles. The fraction of sp³-hybridized carbons (Fsp3) is 0.867. The molecule has 1 aliphatic heterocycles. The van der Waals surface area contributed by atoms with Crippen LogP contribution in [0, 0.1) is 5.92 Å². The summed E-state index contributed by atoms with van der Waals surface area (Å²) in [4.78, 5) is 26.7. The third kappa shape index (κ3) is 2.97. The van der Waals surface area contributed by atoms with Crippen molar-refractivity contribution < 1.29 is 9.59 Å². The Kier molecular flexibility index (Phi) is 4.99. The average molecular weight is 298 g/mol. The molecule has 2 aliphatic rings. The van der Waals surface area contributed by atoms with Crippen LogP contribution in [0.1, 0.15) is 46.5 Å². The van der Waals surface area contributed by atoms with E-state index in [2.05, 4.69) is 11.6 Å². The second-order valence-corrected chi connectivity index (χ2v) is 7.47. The van der Waals surface area contributed by atoms with E-state index in [4.69, 9.17) is 0 Å². The number of nitrogens with one attached hydrogen (secondary N) is 1. The van der Waals surface area contributed by atoms with Crippen molar-refractivity contribution in [3.8, 4) is 0 Å². The number of piperazine rings is 1. The highest BCUT2D eigenvalue weighted by Crippen LogP contribution is 2.32. The minimum atomic E-state index is -0.379. The monoisotopic (exact) mass is 298 g/mol. The molecule has 0 aromatic heterocycles. The molecule has 2 unspecified atom stereocenters. The van der Waals surface area contributed by atoms with E-state index in [1.54, 1.807) is 6.92 Å². The van der Waals surface area contributed by atoms with Gasteiger partial charge in [-0.05, 0) is 44.8 Å². The molecule has 2 atom stereocenters. The van der Waals surface area contributed by atoms with Crippen LogP contribution in [-0.4, -0.2) is 46.3 Å². The SMILES string of the molecule is CSC1CCC(N2C(=O)C(C)NC(=O)C2C(C)C)CC1. The number of carbonyl (C=O) groups excluding carboxylic acids is 2. The summed E-state index contributed by atoms with van der Waals surface area (Å²) in [6.07, 6.45) is 6.51. The summed E-state index contributed by atoms with van der Waals surface area (Å²) in [6, 6.07) is -0.433. The first kappa shape index (κ1) is 15.7. The van der Waals surface area contributed by atoms with Crippen molar-refractivity contribution in [3.63, 3.8) is 0 Å². The molecule has 0 radical (unpaired) electrons. The number of hydrogen-bond donors (Lipinski definition) is 1. The highest BCUT2D eigenvalue weighted by Gasteiger charge is 2.44. The molecule has 4 nitrogen and oxygen atoms in total. The van der Waals surface area contributed by atoms with Gasteiger partial charge < -0.3 is 10.2 Å². The molecule has 2 amide bonds. The third-order valence-electron chi connectivity index (χ3n) is 4.55. The summed E-state index contributed by atoms with van der Waals surface area (Å²) in [5, 5.41) is 3.53. The van der Waals surface area contributed by atoms with Gasteiger partial charge in [0.05, 0.1) is 0 Å². The Morgan fingerprint density at radius 1 is 1.20 bits per heavy atom. The normalized spacial score (nSPS) is 35.4. The largest absolute Gasteiger partial charge is 0.343 e. The predicted octanol–water partition coefficient (Wildman–Crippen LogP) is 2.03. The van der Waals surface area contributed by atoms with E-state index in [-0.39, 0.29) is 35.9 Å². The summed E-state index contributed by atoms with van der Waals surface area (Å²) in [7, 11) is 0. The van der Waals surface area contributed by atoms with Crippen LogP contribution in [0.25, 0.3) is 0 Å². The van der Waals surface area contributed by atoms with Gasteiger partial charge in [0.1, 0.15) is 12.1 Å². The van der Waals surface area contributed by atoms with Crippen molar-refractivity contribution in [3.05, 3.63) is 0 Å². The van der Waals surface area contributed by atoms with E-state index >= 15 is 0 Å².